The molecule has 19 heavy (non-hydrogen) atoms. The average Bonchev–Trinajstić information content (AvgIpc) is 2.37. The lowest BCUT2D eigenvalue weighted by molar-refractivity contribution is -0.153. The number of rotatable bonds is 6. The van der Waals surface area contributed by atoms with E-state index in [9.17, 15) is 14.4 Å². The predicted octanol–water partition coefficient (Wildman–Crippen LogP) is 2.04. The van der Waals surface area contributed by atoms with Gasteiger partial charge in [-0.3, -0.25) is 14.4 Å². The van der Waals surface area contributed by atoms with Crippen LogP contribution in [0.4, 0.5) is 0 Å². The Kier molecular flexibility index (Phi) is 5.67. The summed E-state index contributed by atoms with van der Waals surface area (Å²) in [6, 6.07) is 9.15. The Labute approximate surface area is 112 Å². The van der Waals surface area contributed by atoms with Crippen molar-refractivity contribution in [1.29, 1.82) is 0 Å². The number of hydrogen-bond acceptors (Lipinski definition) is 4. The van der Waals surface area contributed by atoms with Crippen LogP contribution >= 0.6 is 0 Å². The summed E-state index contributed by atoms with van der Waals surface area (Å²) in [7, 11) is 0. The molecule has 4 nitrogen and oxygen atoms in total. The van der Waals surface area contributed by atoms with Crippen LogP contribution in [0, 0.1) is 5.92 Å². The first kappa shape index (κ1) is 14.8. The molecule has 1 atom stereocenters. The second-order valence-corrected chi connectivity index (χ2v) is 3.94. The third-order valence-electron chi connectivity index (χ3n) is 2.45. The Morgan fingerprint density at radius 2 is 1.84 bits per heavy atom. The zero-order chi connectivity index (χ0) is 14.3. The third kappa shape index (κ3) is 4.50. The summed E-state index contributed by atoms with van der Waals surface area (Å²) in [4.78, 5) is 34.8. The number of allylic oxidation sites excluding steroid dienone is 1. The van der Waals surface area contributed by atoms with Crippen LogP contribution in [-0.2, 0) is 19.1 Å². The fourth-order valence-electron chi connectivity index (χ4n) is 1.55. The summed E-state index contributed by atoms with van der Waals surface area (Å²) in [5.74, 6) is -3.23. The van der Waals surface area contributed by atoms with Crippen molar-refractivity contribution in [2.45, 2.75) is 13.8 Å². The van der Waals surface area contributed by atoms with Crippen LogP contribution in [0.1, 0.15) is 19.4 Å². The molecule has 0 aromatic heterocycles. The van der Waals surface area contributed by atoms with Gasteiger partial charge in [-0.05, 0) is 25.5 Å². The number of hydrogen-bond donors (Lipinski definition) is 0. The Bertz CT molecular complexity index is 488. The first-order chi connectivity index (χ1) is 9.06. The average molecular weight is 260 g/mol. The topological polar surface area (TPSA) is 60.4 Å². The molecule has 0 spiro atoms. The minimum Gasteiger partial charge on any atom is -0.465 e. The van der Waals surface area contributed by atoms with Crippen LogP contribution in [0.15, 0.2) is 36.4 Å². The maximum atomic E-state index is 11.9. The van der Waals surface area contributed by atoms with Crippen molar-refractivity contribution in [2.75, 3.05) is 6.61 Å². The first-order valence-corrected chi connectivity index (χ1v) is 6.00. The minimum absolute atomic E-state index is 0.137. The van der Waals surface area contributed by atoms with E-state index in [1.54, 1.807) is 13.0 Å². The van der Waals surface area contributed by atoms with Crippen LogP contribution in [0.3, 0.4) is 0 Å². The molecule has 1 rings (SSSR count). The van der Waals surface area contributed by atoms with Gasteiger partial charge in [0, 0.05) is 0 Å². The molecule has 0 saturated heterocycles. The summed E-state index contributed by atoms with van der Waals surface area (Å²) < 4.78 is 4.72. The van der Waals surface area contributed by atoms with E-state index >= 15 is 0 Å². The second-order valence-electron chi connectivity index (χ2n) is 3.94. The maximum Gasteiger partial charge on any atom is 0.324 e. The largest absolute Gasteiger partial charge is 0.465 e. The normalized spacial score (nSPS) is 12.1. The highest BCUT2D eigenvalue weighted by atomic mass is 16.5. The Morgan fingerprint density at radius 1 is 1.21 bits per heavy atom. The molecule has 0 bridgehead atoms. The summed E-state index contributed by atoms with van der Waals surface area (Å²) in [5, 5.41) is 0. The summed E-state index contributed by atoms with van der Waals surface area (Å²) in [5.41, 5.74) is 0.821. The lowest BCUT2D eigenvalue weighted by atomic mass is 9.99. The number of esters is 1. The molecule has 0 amide bonds. The molecule has 1 aromatic rings. The van der Waals surface area contributed by atoms with E-state index in [4.69, 9.17) is 4.74 Å². The van der Waals surface area contributed by atoms with Gasteiger partial charge in [0.05, 0.1) is 6.61 Å². The lowest BCUT2D eigenvalue weighted by Gasteiger charge is -2.08. The Morgan fingerprint density at radius 3 is 2.37 bits per heavy atom. The minimum atomic E-state index is -1.36. The third-order valence-corrected chi connectivity index (χ3v) is 2.45. The first-order valence-electron chi connectivity index (χ1n) is 6.00. The van der Waals surface area contributed by atoms with Gasteiger partial charge < -0.3 is 4.74 Å². The van der Waals surface area contributed by atoms with Crippen LogP contribution in [-0.4, -0.2) is 24.1 Å². The SMILES string of the molecule is CCOC(=O)[C@H](C(C)=O)C(=O)/C=C/c1ccccc1. The molecule has 4 heteroatoms. The van der Waals surface area contributed by atoms with Crippen molar-refractivity contribution in [3.8, 4) is 0 Å². The van der Waals surface area contributed by atoms with Gasteiger partial charge in [-0.15, -0.1) is 0 Å². The van der Waals surface area contributed by atoms with Gasteiger partial charge in [0.25, 0.3) is 0 Å². The van der Waals surface area contributed by atoms with Crippen molar-refractivity contribution in [3.63, 3.8) is 0 Å². The number of benzene rings is 1. The molecule has 0 saturated carbocycles. The molecule has 0 heterocycles. The zero-order valence-corrected chi connectivity index (χ0v) is 11.0. The molecule has 0 aliphatic carbocycles. The van der Waals surface area contributed by atoms with Crippen molar-refractivity contribution in [2.24, 2.45) is 5.92 Å². The summed E-state index contributed by atoms with van der Waals surface area (Å²) in [6.45, 7) is 2.97. The molecular formula is C15H16O4. The highest BCUT2D eigenvalue weighted by Gasteiger charge is 2.30. The fraction of sp³-hybridized carbons (Fsp3) is 0.267. The van der Waals surface area contributed by atoms with Crippen LogP contribution < -0.4 is 0 Å². The predicted molar refractivity (Wildman–Crippen MR) is 71.3 cm³/mol. The van der Waals surface area contributed by atoms with Gasteiger partial charge >= 0.3 is 5.97 Å². The van der Waals surface area contributed by atoms with E-state index in [1.807, 2.05) is 30.3 Å². The molecule has 0 aliphatic rings. The summed E-state index contributed by atoms with van der Waals surface area (Å²) >= 11 is 0. The van der Waals surface area contributed by atoms with Crippen LogP contribution in [0.5, 0.6) is 0 Å². The second kappa shape index (κ2) is 7.26. The van der Waals surface area contributed by atoms with Crippen molar-refractivity contribution < 1.29 is 19.1 Å². The molecule has 0 N–H and O–H groups in total. The standard InChI is InChI=1S/C15H16O4/c1-3-19-15(18)14(11(2)16)13(17)10-9-12-7-5-4-6-8-12/h4-10,14H,3H2,1-2H3/b10-9+/t14-/m1/s1. The smallest absolute Gasteiger partial charge is 0.324 e. The zero-order valence-electron chi connectivity index (χ0n) is 11.0. The Balaban J connectivity index is 2.81. The van der Waals surface area contributed by atoms with E-state index in [-0.39, 0.29) is 6.61 Å². The van der Waals surface area contributed by atoms with Gasteiger partial charge in [0.15, 0.2) is 17.5 Å². The maximum absolute atomic E-state index is 11.9. The van der Waals surface area contributed by atoms with E-state index < -0.39 is 23.5 Å². The van der Waals surface area contributed by atoms with Gasteiger partial charge in [-0.25, -0.2) is 0 Å². The van der Waals surface area contributed by atoms with E-state index in [0.717, 1.165) is 5.56 Å². The van der Waals surface area contributed by atoms with Gasteiger partial charge in [0.2, 0.25) is 0 Å². The number of carbonyl (C=O) groups is 3. The van der Waals surface area contributed by atoms with E-state index in [2.05, 4.69) is 0 Å². The molecular weight excluding hydrogens is 244 g/mol. The van der Waals surface area contributed by atoms with Gasteiger partial charge in [0.1, 0.15) is 0 Å². The molecule has 1 aromatic carbocycles. The molecule has 0 radical (unpaired) electrons. The lowest BCUT2D eigenvalue weighted by Crippen LogP contribution is -2.30. The number of Topliss-reactive ketones (excluding diaryl/α,β-unsaturated/α-hetero) is 1. The fourth-order valence-corrected chi connectivity index (χ4v) is 1.55. The quantitative estimate of drug-likeness (QED) is 0.446. The van der Waals surface area contributed by atoms with Gasteiger partial charge in [-0.2, -0.15) is 0 Å². The van der Waals surface area contributed by atoms with Crippen molar-refractivity contribution >= 4 is 23.6 Å². The van der Waals surface area contributed by atoms with E-state index in [1.165, 1.54) is 13.0 Å². The molecule has 0 aliphatic heterocycles. The molecule has 100 valence electrons. The molecule has 0 fully saturated rings. The van der Waals surface area contributed by atoms with Gasteiger partial charge in [-0.1, -0.05) is 36.4 Å². The Hall–Kier alpha value is -2.23. The van der Waals surface area contributed by atoms with Crippen molar-refractivity contribution in [1.82, 2.24) is 0 Å². The number of ether oxygens (including phenoxy) is 1. The van der Waals surface area contributed by atoms with Crippen LogP contribution in [0.2, 0.25) is 0 Å². The van der Waals surface area contributed by atoms with E-state index in [0.29, 0.717) is 0 Å². The summed E-state index contributed by atoms with van der Waals surface area (Å²) in [6.07, 6.45) is 2.80. The highest BCUT2D eigenvalue weighted by Crippen LogP contribution is 2.08. The van der Waals surface area contributed by atoms with Crippen molar-refractivity contribution in [3.05, 3.63) is 42.0 Å². The number of carbonyl (C=O) groups excluding carboxylic acids is 3. The molecule has 0 unspecified atom stereocenters. The highest BCUT2D eigenvalue weighted by molar-refractivity contribution is 6.20. The monoisotopic (exact) mass is 260 g/mol. The number of ketones is 2. The van der Waals surface area contributed by atoms with Crippen LogP contribution in [0.25, 0.3) is 6.08 Å².